The summed E-state index contributed by atoms with van der Waals surface area (Å²) < 4.78 is 5.56. The van der Waals surface area contributed by atoms with Crippen LogP contribution in [-0.4, -0.2) is 11.7 Å². The number of aliphatic hydroxyl groups excluding tert-OH is 1. The summed E-state index contributed by atoms with van der Waals surface area (Å²) in [5.41, 5.74) is 0.927. The average Bonchev–Trinajstić information content (AvgIpc) is 2.25. The Morgan fingerprint density at radius 3 is 2.40 bits per heavy atom. The zero-order valence-corrected chi connectivity index (χ0v) is 9.57. The lowest BCUT2D eigenvalue weighted by molar-refractivity contribution is 0.199. The molecule has 1 N–H and O–H groups in total. The molecule has 0 saturated carbocycles. The van der Waals surface area contributed by atoms with Crippen molar-refractivity contribution >= 4 is 0 Å². The number of hydrogen-bond acceptors (Lipinski definition) is 2. The SMILES string of the molecule is CCCCCOc1ccc([C@H](C)O)cc1. The van der Waals surface area contributed by atoms with E-state index in [0.29, 0.717) is 0 Å². The van der Waals surface area contributed by atoms with E-state index in [-0.39, 0.29) is 0 Å². The second kappa shape index (κ2) is 6.46. The molecule has 0 saturated heterocycles. The molecule has 1 aromatic rings. The molecule has 0 aromatic heterocycles. The van der Waals surface area contributed by atoms with Gasteiger partial charge in [-0.1, -0.05) is 31.9 Å². The second-order valence-electron chi connectivity index (χ2n) is 3.80. The van der Waals surface area contributed by atoms with Crippen molar-refractivity contribution in [1.82, 2.24) is 0 Å². The Morgan fingerprint density at radius 1 is 1.20 bits per heavy atom. The highest BCUT2D eigenvalue weighted by Crippen LogP contribution is 2.17. The Balaban J connectivity index is 2.36. The minimum absolute atomic E-state index is 0.404. The van der Waals surface area contributed by atoms with Gasteiger partial charge in [0, 0.05) is 0 Å². The molecule has 2 heteroatoms. The Morgan fingerprint density at radius 2 is 1.87 bits per heavy atom. The lowest BCUT2D eigenvalue weighted by atomic mass is 10.1. The van der Waals surface area contributed by atoms with E-state index in [9.17, 15) is 5.11 Å². The van der Waals surface area contributed by atoms with Crippen LogP contribution in [0.4, 0.5) is 0 Å². The number of aliphatic hydroxyl groups is 1. The maximum absolute atomic E-state index is 9.32. The molecule has 1 atom stereocenters. The number of ether oxygens (including phenoxy) is 1. The fourth-order valence-corrected chi connectivity index (χ4v) is 1.38. The maximum atomic E-state index is 9.32. The number of unbranched alkanes of at least 4 members (excludes halogenated alkanes) is 2. The summed E-state index contributed by atoms with van der Waals surface area (Å²) >= 11 is 0. The molecule has 1 aromatic carbocycles. The van der Waals surface area contributed by atoms with E-state index in [1.807, 2.05) is 24.3 Å². The standard InChI is InChI=1S/C13H20O2/c1-3-4-5-10-15-13-8-6-12(7-9-13)11(2)14/h6-9,11,14H,3-5,10H2,1-2H3/t11-/m0/s1. The predicted molar refractivity (Wildman–Crippen MR) is 62.1 cm³/mol. The van der Waals surface area contributed by atoms with Crippen molar-refractivity contribution in [2.45, 2.75) is 39.2 Å². The van der Waals surface area contributed by atoms with Gasteiger partial charge in [0.1, 0.15) is 5.75 Å². The molecule has 0 heterocycles. The Bertz CT molecular complexity index is 264. The van der Waals surface area contributed by atoms with Crippen molar-refractivity contribution in [3.05, 3.63) is 29.8 Å². The molecule has 0 fully saturated rings. The Labute approximate surface area is 91.9 Å². The lowest BCUT2D eigenvalue weighted by Crippen LogP contribution is -1.97. The van der Waals surface area contributed by atoms with Crippen molar-refractivity contribution < 1.29 is 9.84 Å². The third-order valence-electron chi connectivity index (χ3n) is 2.38. The quantitative estimate of drug-likeness (QED) is 0.727. The summed E-state index contributed by atoms with van der Waals surface area (Å²) in [6.07, 6.45) is 3.13. The lowest BCUT2D eigenvalue weighted by Gasteiger charge is -2.08. The van der Waals surface area contributed by atoms with Crippen molar-refractivity contribution in [2.75, 3.05) is 6.61 Å². The van der Waals surface area contributed by atoms with Gasteiger partial charge in [0.25, 0.3) is 0 Å². The van der Waals surface area contributed by atoms with Crippen LogP contribution in [0.25, 0.3) is 0 Å². The first-order valence-electron chi connectivity index (χ1n) is 5.65. The molecule has 84 valence electrons. The summed E-state index contributed by atoms with van der Waals surface area (Å²) in [5.74, 6) is 0.885. The largest absolute Gasteiger partial charge is 0.494 e. The predicted octanol–water partition coefficient (Wildman–Crippen LogP) is 3.31. The topological polar surface area (TPSA) is 29.5 Å². The summed E-state index contributed by atoms with van der Waals surface area (Å²) in [7, 11) is 0. The van der Waals surface area contributed by atoms with E-state index in [4.69, 9.17) is 4.74 Å². The van der Waals surface area contributed by atoms with Crippen molar-refractivity contribution in [2.24, 2.45) is 0 Å². The van der Waals surface area contributed by atoms with Gasteiger partial charge in [-0.05, 0) is 31.0 Å². The molecule has 0 amide bonds. The minimum atomic E-state index is -0.404. The molecule has 0 aliphatic heterocycles. The summed E-state index contributed by atoms with van der Waals surface area (Å²) in [6, 6.07) is 7.63. The van der Waals surface area contributed by atoms with E-state index in [0.717, 1.165) is 24.3 Å². The summed E-state index contributed by atoms with van der Waals surface area (Å²) in [6.45, 7) is 4.72. The van der Waals surface area contributed by atoms with Crippen LogP contribution in [0.5, 0.6) is 5.75 Å². The van der Waals surface area contributed by atoms with Crippen LogP contribution in [0.2, 0.25) is 0 Å². The zero-order chi connectivity index (χ0) is 11.1. The van der Waals surface area contributed by atoms with Crippen molar-refractivity contribution in [3.8, 4) is 5.75 Å². The first-order valence-corrected chi connectivity index (χ1v) is 5.65. The van der Waals surface area contributed by atoms with Gasteiger partial charge in [0.05, 0.1) is 12.7 Å². The van der Waals surface area contributed by atoms with Gasteiger partial charge in [-0.2, -0.15) is 0 Å². The molecule has 15 heavy (non-hydrogen) atoms. The van der Waals surface area contributed by atoms with Gasteiger partial charge in [-0.15, -0.1) is 0 Å². The van der Waals surface area contributed by atoms with Gasteiger partial charge in [0.2, 0.25) is 0 Å². The van der Waals surface area contributed by atoms with Crippen LogP contribution in [0.15, 0.2) is 24.3 Å². The van der Waals surface area contributed by atoms with E-state index in [1.165, 1.54) is 12.8 Å². The highest BCUT2D eigenvalue weighted by atomic mass is 16.5. The van der Waals surface area contributed by atoms with E-state index in [2.05, 4.69) is 6.92 Å². The fraction of sp³-hybridized carbons (Fsp3) is 0.538. The van der Waals surface area contributed by atoms with Crippen LogP contribution in [-0.2, 0) is 0 Å². The van der Waals surface area contributed by atoms with Crippen molar-refractivity contribution in [1.29, 1.82) is 0 Å². The molecule has 0 bridgehead atoms. The third kappa shape index (κ3) is 4.34. The number of benzene rings is 1. The molecule has 2 nitrogen and oxygen atoms in total. The monoisotopic (exact) mass is 208 g/mol. The van der Waals surface area contributed by atoms with Gasteiger partial charge >= 0.3 is 0 Å². The van der Waals surface area contributed by atoms with Crippen molar-refractivity contribution in [3.63, 3.8) is 0 Å². The first-order chi connectivity index (χ1) is 7.24. The molecule has 0 aliphatic carbocycles. The Kier molecular flexibility index (Phi) is 5.19. The van der Waals surface area contributed by atoms with Gasteiger partial charge in [0.15, 0.2) is 0 Å². The van der Waals surface area contributed by atoms with E-state index < -0.39 is 6.10 Å². The molecule has 1 rings (SSSR count). The highest BCUT2D eigenvalue weighted by molar-refractivity contribution is 5.28. The van der Waals surface area contributed by atoms with E-state index in [1.54, 1.807) is 6.92 Å². The van der Waals surface area contributed by atoms with Crippen LogP contribution in [0.1, 0.15) is 44.8 Å². The molecular weight excluding hydrogens is 188 g/mol. The molecular formula is C13H20O2. The van der Waals surface area contributed by atoms with Crippen LogP contribution in [0, 0.1) is 0 Å². The van der Waals surface area contributed by atoms with Gasteiger partial charge in [-0.25, -0.2) is 0 Å². The van der Waals surface area contributed by atoms with Crippen LogP contribution >= 0.6 is 0 Å². The van der Waals surface area contributed by atoms with Crippen LogP contribution < -0.4 is 4.74 Å². The van der Waals surface area contributed by atoms with Gasteiger partial charge < -0.3 is 9.84 Å². The van der Waals surface area contributed by atoms with Crippen LogP contribution in [0.3, 0.4) is 0 Å². The molecule has 0 aliphatic rings. The van der Waals surface area contributed by atoms with Gasteiger partial charge in [-0.3, -0.25) is 0 Å². The molecule has 0 radical (unpaired) electrons. The smallest absolute Gasteiger partial charge is 0.119 e. The minimum Gasteiger partial charge on any atom is -0.494 e. The fourth-order valence-electron chi connectivity index (χ4n) is 1.38. The maximum Gasteiger partial charge on any atom is 0.119 e. The molecule has 0 spiro atoms. The third-order valence-corrected chi connectivity index (χ3v) is 2.38. The summed E-state index contributed by atoms with van der Waals surface area (Å²) in [4.78, 5) is 0. The number of rotatable bonds is 6. The van der Waals surface area contributed by atoms with E-state index >= 15 is 0 Å². The molecule has 0 unspecified atom stereocenters. The second-order valence-corrected chi connectivity index (χ2v) is 3.80. The number of hydrogen-bond donors (Lipinski definition) is 1. The first kappa shape index (κ1) is 12.1. The average molecular weight is 208 g/mol. The Hall–Kier alpha value is -1.02. The summed E-state index contributed by atoms with van der Waals surface area (Å²) in [5, 5.41) is 9.32. The zero-order valence-electron chi connectivity index (χ0n) is 9.57. The normalized spacial score (nSPS) is 12.5. The highest BCUT2D eigenvalue weighted by Gasteiger charge is 2.00.